The number of aromatic amines is 1. The summed E-state index contributed by atoms with van der Waals surface area (Å²) in [5.41, 5.74) is 2.35. The number of carbonyl (C=O) groups is 1. The number of nitriles is 1. The van der Waals surface area contributed by atoms with Crippen molar-refractivity contribution in [2.24, 2.45) is 0 Å². The van der Waals surface area contributed by atoms with Gasteiger partial charge < -0.3 is 10.1 Å². The number of hydrogen-bond acceptors (Lipinski definition) is 3. The van der Waals surface area contributed by atoms with E-state index in [0.29, 0.717) is 27.0 Å². The zero-order valence-electron chi connectivity index (χ0n) is 8.42. The van der Waals surface area contributed by atoms with E-state index in [1.54, 1.807) is 13.8 Å². The Labute approximate surface area is 92.2 Å². The monoisotopic (exact) mass is 222 g/mol. The first-order chi connectivity index (χ1) is 6.97. The molecule has 15 heavy (non-hydrogen) atoms. The second kappa shape index (κ2) is 4.24. The van der Waals surface area contributed by atoms with Gasteiger partial charge in [-0.05, 0) is 25.0 Å². The maximum Gasteiger partial charge on any atom is 0.307 e. The van der Waals surface area contributed by atoms with Crippen LogP contribution in [0.25, 0.3) is 0 Å². The summed E-state index contributed by atoms with van der Waals surface area (Å²) < 4.78 is 0.363. The highest BCUT2D eigenvalue weighted by atomic mass is 32.1. The highest BCUT2D eigenvalue weighted by Gasteiger charge is 2.12. The molecule has 1 aromatic heterocycles. The van der Waals surface area contributed by atoms with Crippen molar-refractivity contribution in [3.05, 3.63) is 27.0 Å². The molecule has 0 aliphatic heterocycles. The van der Waals surface area contributed by atoms with E-state index in [1.165, 1.54) is 0 Å². The van der Waals surface area contributed by atoms with Crippen LogP contribution in [0.1, 0.15) is 22.4 Å². The number of hydrogen-bond donors (Lipinski definition) is 2. The second-order valence-corrected chi connectivity index (χ2v) is 3.65. The number of H-pyrrole nitrogens is 1. The molecule has 78 valence electrons. The molecule has 4 nitrogen and oxygen atoms in total. The Bertz CT molecular complexity index is 511. The lowest BCUT2D eigenvalue weighted by Gasteiger charge is -2.09. The van der Waals surface area contributed by atoms with Gasteiger partial charge in [0, 0.05) is 5.69 Å². The molecule has 0 fully saturated rings. The third-order valence-electron chi connectivity index (χ3n) is 2.25. The third kappa shape index (κ3) is 2.22. The van der Waals surface area contributed by atoms with Crippen molar-refractivity contribution in [1.82, 2.24) is 4.98 Å². The minimum atomic E-state index is -0.921. The molecule has 2 N–H and O–H groups in total. The van der Waals surface area contributed by atoms with Gasteiger partial charge in [0.25, 0.3) is 0 Å². The van der Waals surface area contributed by atoms with E-state index < -0.39 is 5.97 Å². The Morgan fingerprint density at radius 1 is 1.60 bits per heavy atom. The molecule has 1 aromatic rings. The zero-order chi connectivity index (χ0) is 11.6. The number of pyridine rings is 1. The van der Waals surface area contributed by atoms with E-state index >= 15 is 0 Å². The molecule has 0 aliphatic rings. The second-order valence-electron chi connectivity index (χ2n) is 3.24. The normalized spacial score (nSPS) is 9.67. The lowest BCUT2D eigenvalue weighted by Crippen LogP contribution is -2.07. The molecule has 0 bridgehead atoms. The highest BCUT2D eigenvalue weighted by molar-refractivity contribution is 7.71. The standard InChI is InChI=1S/C10H10N2O2S/c1-5-7(3-9(13)14)6(2)12-10(15)8(5)4-11/h3H2,1-2H3,(H,12,15)(H,13,14). The van der Waals surface area contributed by atoms with Gasteiger partial charge in [-0.3, -0.25) is 4.79 Å². The molecule has 0 aliphatic carbocycles. The van der Waals surface area contributed by atoms with Crippen LogP contribution in [0, 0.1) is 29.8 Å². The molecule has 0 saturated heterocycles. The van der Waals surface area contributed by atoms with Crippen molar-refractivity contribution >= 4 is 18.2 Å². The Hall–Kier alpha value is -1.67. The molecule has 0 atom stereocenters. The SMILES string of the molecule is Cc1[nH]c(=S)c(C#N)c(C)c1CC(=O)O. The summed E-state index contributed by atoms with van der Waals surface area (Å²) in [5.74, 6) is -0.921. The first kappa shape index (κ1) is 11.4. The smallest absolute Gasteiger partial charge is 0.307 e. The Morgan fingerprint density at radius 3 is 2.67 bits per heavy atom. The average Bonchev–Trinajstić information content (AvgIpc) is 2.12. The molecule has 0 amide bonds. The fraction of sp³-hybridized carbons (Fsp3) is 0.300. The molecule has 0 unspecified atom stereocenters. The first-order valence-corrected chi connectivity index (χ1v) is 4.72. The predicted molar refractivity (Wildman–Crippen MR) is 57.2 cm³/mol. The van der Waals surface area contributed by atoms with E-state index in [4.69, 9.17) is 22.6 Å². The first-order valence-electron chi connectivity index (χ1n) is 4.31. The van der Waals surface area contributed by atoms with Gasteiger partial charge in [0.2, 0.25) is 0 Å². The predicted octanol–water partition coefficient (Wildman–Crippen LogP) is 1.86. The fourth-order valence-electron chi connectivity index (χ4n) is 1.46. The number of carboxylic acid groups (broad SMARTS) is 1. The highest BCUT2D eigenvalue weighted by Crippen LogP contribution is 2.17. The van der Waals surface area contributed by atoms with Crippen LogP contribution in [0.15, 0.2) is 0 Å². The summed E-state index contributed by atoms with van der Waals surface area (Å²) >= 11 is 4.97. The van der Waals surface area contributed by atoms with E-state index in [0.717, 1.165) is 0 Å². The number of nitrogens with zero attached hydrogens (tertiary/aromatic N) is 1. The van der Waals surface area contributed by atoms with Crippen LogP contribution in [0.4, 0.5) is 0 Å². The fourth-order valence-corrected chi connectivity index (χ4v) is 1.81. The summed E-state index contributed by atoms with van der Waals surface area (Å²) in [4.78, 5) is 13.5. The van der Waals surface area contributed by atoms with Crippen LogP contribution in [0.5, 0.6) is 0 Å². The molecular weight excluding hydrogens is 212 g/mol. The number of rotatable bonds is 2. The number of aryl methyl sites for hydroxylation is 1. The third-order valence-corrected chi connectivity index (χ3v) is 2.55. The summed E-state index contributed by atoms with van der Waals surface area (Å²) in [6, 6.07) is 1.98. The minimum Gasteiger partial charge on any atom is -0.481 e. The average molecular weight is 222 g/mol. The Balaban J connectivity index is 3.47. The van der Waals surface area contributed by atoms with E-state index in [9.17, 15) is 4.79 Å². The van der Waals surface area contributed by atoms with Crippen LogP contribution in [0.3, 0.4) is 0 Å². The van der Waals surface area contributed by atoms with Crippen molar-refractivity contribution in [3.63, 3.8) is 0 Å². The number of aliphatic carboxylic acids is 1. The van der Waals surface area contributed by atoms with Crippen molar-refractivity contribution in [3.8, 4) is 6.07 Å². The van der Waals surface area contributed by atoms with Crippen LogP contribution in [-0.2, 0) is 11.2 Å². The van der Waals surface area contributed by atoms with E-state index in [-0.39, 0.29) is 6.42 Å². The van der Waals surface area contributed by atoms with Gasteiger partial charge in [-0.2, -0.15) is 5.26 Å². The molecule has 0 radical (unpaired) electrons. The van der Waals surface area contributed by atoms with Crippen LogP contribution in [0.2, 0.25) is 0 Å². The quantitative estimate of drug-likeness (QED) is 0.749. The maximum absolute atomic E-state index is 10.6. The lowest BCUT2D eigenvalue weighted by atomic mass is 10.0. The van der Waals surface area contributed by atoms with Gasteiger partial charge in [0.15, 0.2) is 0 Å². The van der Waals surface area contributed by atoms with E-state index in [1.807, 2.05) is 6.07 Å². The summed E-state index contributed by atoms with van der Waals surface area (Å²) in [7, 11) is 0. The maximum atomic E-state index is 10.6. The molecule has 5 heteroatoms. The summed E-state index contributed by atoms with van der Waals surface area (Å²) in [6.07, 6.45) is -0.0988. The Kier molecular flexibility index (Phi) is 3.22. The molecule has 0 spiro atoms. The molecular formula is C10H10N2O2S. The van der Waals surface area contributed by atoms with E-state index in [2.05, 4.69) is 4.98 Å². The van der Waals surface area contributed by atoms with Gasteiger partial charge in [-0.25, -0.2) is 0 Å². The molecule has 0 saturated carbocycles. The van der Waals surface area contributed by atoms with Gasteiger partial charge >= 0.3 is 5.97 Å². The molecule has 1 heterocycles. The molecule has 0 aromatic carbocycles. The zero-order valence-corrected chi connectivity index (χ0v) is 9.23. The van der Waals surface area contributed by atoms with Crippen molar-refractivity contribution in [1.29, 1.82) is 5.26 Å². The number of aromatic nitrogens is 1. The molecule has 1 rings (SSSR count). The van der Waals surface area contributed by atoms with Crippen LogP contribution in [-0.4, -0.2) is 16.1 Å². The van der Waals surface area contributed by atoms with Gasteiger partial charge in [0.1, 0.15) is 10.7 Å². The van der Waals surface area contributed by atoms with Crippen molar-refractivity contribution in [2.45, 2.75) is 20.3 Å². The van der Waals surface area contributed by atoms with Crippen LogP contribution >= 0.6 is 12.2 Å². The topological polar surface area (TPSA) is 76.9 Å². The lowest BCUT2D eigenvalue weighted by molar-refractivity contribution is -0.136. The van der Waals surface area contributed by atoms with Crippen molar-refractivity contribution in [2.75, 3.05) is 0 Å². The van der Waals surface area contributed by atoms with Gasteiger partial charge in [0.05, 0.1) is 12.0 Å². The summed E-state index contributed by atoms with van der Waals surface area (Å²) in [6.45, 7) is 3.47. The van der Waals surface area contributed by atoms with Crippen molar-refractivity contribution < 1.29 is 9.90 Å². The van der Waals surface area contributed by atoms with Gasteiger partial charge in [-0.1, -0.05) is 12.2 Å². The van der Waals surface area contributed by atoms with Crippen LogP contribution < -0.4 is 0 Å². The van der Waals surface area contributed by atoms with Gasteiger partial charge in [-0.15, -0.1) is 0 Å². The summed E-state index contributed by atoms with van der Waals surface area (Å²) in [5, 5.41) is 17.6. The number of nitrogens with one attached hydrogen (secondary N) is 1. The largest absolute Gasteiger partial charge is 0.481 e. The Morgan fingerprint density at radius 2 is 2.20 bits per heavy atom. The number of carboxylic acids is 1. The minimum absolute atomic E-state index is 0.0988.